The van der Waals surface area contributed by atoms with Crippen LogP contribution in [0, 0.1) is 15.9 Å². The molecule has 0 aliphatic heterocycles. The van der Waals surface area contributed by atoms with Gasteiger partial charge >= 0.3 is 0 Å². The van der Waals surface area contributed by atoms with E-state index < -0.39 is 26.6 Å². The summed E-state index contributed by atoms with van der Waals surface area (Å²) in [5.74, 6) is -0.926. The molecule has 0 aliphatic rings. The van der Waals surface area contributed by atoms with Crippen LogP contribution in [-0.4, -0.2) is 43.4 Å². The number of aliphatic hydroxyl groups excluding tert-OH is 1. The van der Waals surface area contributed by atoms with E-state index in [4.69, 9.17) is 0 Å². The number of hydrogen-bond donors (Lipinski definition) is 2. The molecule has 0 fully saturated rings. The lowest BCUT2D eigenvalue weighted by Crippen LogP contribution is -2.39. The quantitative estimate of drug-likeness (QED) is 0.248. The van der Waals surface area contributed by atoms with Crippen LogP contribution in [0.1, 0.15) is 30.9 Å². The van der Waals surface area contributed by atoms with Gasteiger partial charge in [-0.3, -0.25) is 10.1 Å². The molecule has 1 unspecified atom stereocenters. The molecule has 0 aliphatic carbocycles. The van der Waals surface area contributed by atoms with Crippen molar-refractivity contribution in [1.29, 1.82) is 0 Å². The van der Waals surface area contributed by atoms with Gasteiger partial charge in [0.2, 0.25) is 0 Å². The van der Waals surface area contributed by atoms with Crippen molar-refractivity contribution in [3.8, 4) is 0 Å². The fourth-order valence-electron chi connectivity index (χ4n) is 3.00. The molecule has 0 amide bonds. The maximum absolute atomic E-state index is 13.8. The van der Waals surface area contributed by atoms with Crippen LogP contribution in [0.25, 0.3) is 0 Å². The second-order valence-corrected chi connectivity index (χ2v) is 8.83. The fraction of sp³-hybridized carbons (Fsp3) is 0.400. The Balaban J connectivity index is 2.31. The van der Waals surface area contributed by atoms with E-state index in [-0.39, 0.29) is 34.9 Å². The SMILES string of the molecule is CCCCNC(CO)CS(=O)(=O)c1ccc(F)cc1Cc1cccc([N+](=O)[O-])c1. The second kappa shape index (κ2) is 10.4. The minimum absolute atomic E-state index is 0.0288. The number of rotatable bonds is 11. The Morgan fingerprint density at radius 3 is 2.66 bits per heavy atom. The number of nitro benzene ring substituents is 1. The largest absolute Gasteiger partial charge is 0.395 e. The molecular formula is C20H25FN2O5S. The molecule has 7 nitrogen and oxygen atoms in total. The van der Waals surface area contributed by atoms with Crippen LogP contribution in [0.15, 0.2) is 47.4 Å². The van der Waals surface area contributed by atoms with Gasteiger partial charge in [0, 0.05) is 18.2 Å². The zero-order valence-corrected chi connectivity index (χ0v) is 17.0. The standard InChI is InChI=1S/C20H25FN2O5S/c1-2-3-9-22-18(13-24)14-29(27,28)20-8-7-17(21)12-16(20)10-15-5-4-6-19(11-15)23(25)26/h4-8,11-12,18,22,24H,2-3,9-10,13-14H2,1H3. The van der Waals surface area contributed by atoms with E-state index in [1.165, 1.54) is 24.3 Å². The van der Waals surface area contributed by atoms with Crippen molar-refractivity contribution in [2.75, 3.05) is 18.9 Å². The molecule has 0 bridgehead atoms. The first-order valence-electron chi connectivity index (χ1n) is 9.35. The smallest absolute Gasteiger partial charge is 0.269 e. The Bertz CT molecular complexity index is 950. The number of unbranched alkanes of at least 4 members (excludes halogenated alkanes) is 1. The number of aliphatic hydroxyl groups is 1. The summed E-state index contributed by atoms with van der Waals surface area (Å²) in [7, 11) is -3.83. The summed E-state index contributed by atoms with van der Waals surface area (Å²) in [6, 6.07) is 8.56. The number of non-ortho nitro benzene ring substituents is 1. The molecular weight excluding hydrogens is 399 g/mol. The van der Waals surface area contributed by atoms with Crippen LogP contribution in [0.2, 0.25) is 0 Å². The van der Waals surface area contributed by atoms with Gasteiger partial charge in [0.15, 0.2) is 9.84 Å². The van der Waals surface area contributed by atoms with E-state index >= 15 is 0 Å². The van der Waals surface area contributed by atoms with Crippen LogP contribution in [0.3, 0.4) is 0 Å². The Morgan fingerprint density at radius 1 is 1.24 bits per heavy atom. The molecule has 0 saturated heterocycles. The molecule has 29 heavy (non-hydrogen) atoms. The van der Waals surface area contributed by atoms with Crippen LogP contribution in [-0.2, 0) is 16.3 Å². The van der Waals surface area contributed by atoms with Crippen molar-refractivity contribution in [1.82, 2.24) is 5.32 Å². The van der Waals surface area contributed by atoms with Gasteiger partial charge in [0.25, 0.3) is 5.69 Å². The molecule has 2 aromatic rings. The van der Waals surface area contributed by atoms with Crippen molar-refractivity contribution in [2.24, 2.45) is 0 Å². The third-order valence-electron chi connectivity index (χ3n) is 4.48. The molecule has 0 radical (unpaired) electrons. The van der Waals surface area contributed by atoms with Crippen molar-refractivity contribution in [3.05, 3.63) is 69.5 Å². The van der Waals surface area contributed by atoms with E-state index in [1.54, 1.807) is 6.07 Å². The first kappa shape index (κ1) is 22.9. The van der Waals surface area contributed by atoms with Gasteiger partial charge in [-0.1, -0.05) is 25.5 Å². The zero-order chi connectivity index (χ0) is 21.4. The van der Waals surface area contributed by atoms with Gasteiger partial charge in [-0.25, -0.2) is 12.8 Å². The van der Waals surface area contributed by atoms with Crippen molar-refractivity contribution in [2.45, 2.75) is 37.1 Å². The van der Waals surface area contributed by atoms with Crippen LogP contribution >= 0.6 is 0 Å². The lowest BCUT2D eigenvalue weighted by atomic mass is 10.0. The molecule has 0 saturated carbocycles. The average Bonchev–Trinajstić information content (AvgIpc) is 2.67. The topological polar surface area (TPSA) is 110 Å². The molecule has 0 heterocycles. The third-order valence-corrected chi connectivity index (χ3v) is 6.39. The predicted octanol–water partition coefficient (Wildman–Crippen LogP) is 2.85. The van der Waals surface area contributed by atoms with Crippen LogP contribution < -0.4 is 5.32 Å². The van der Waals surface area contributed by atoms with Crippen molar-refractivity contribution < 1.29 is 22.8 Å². The number of sulfone groups is 1. The van der Waals surface area contributed by atoms with Crippen LogP contribution in [0.5, 0.6) is 0 Å². The number of nitrogens with one attached hydrogen (secondary N) is 1. The lowest BCUT2D eigenvalue weighted by Gasteiger charge is -2.18. The van der Waals surface area contributed by atoms with Gasteiger partial charge in [-0.2, -0.15) is 0 Å². The Morgan fingerprint density at radius 2 is 2.00 bits per heavy atom. The van der Waals surface area contributed by atoms with Gasteiger partial charge in [0.1, 0.15) is 5.82 Å². The highest BCUT2D eigenvalue weighted by molar-refractivity contribution is 7.91. The monoisotopic (exact) mass is 424 g/mol. The average molecular weight is 424 g/mol. The summed E-state index contributed by atoms with van der Waals surface area (Å²) in [4.78, 5) is 10.4. The number of halogens is 1. The summed E-state index contributed by atoms with van der Waals surface area (Å²) in [6.45, 7) is 2.25. The van der Waals surface area contributed by atoms with E-state index in [1.807, 2.05) is 6.92 Å². The number of benzene rings is 2. The summed E-state index contributed by atoms with van der Waals surface area (Å²) in [6.07, 6.45) is 1.81. The number of hydrogen-bond acceptors (Lipinski definition) is 6. The zero-order valence-electron chi connectivity index (χ0n) is 16.2. The van der Waals surface area contributed by atoms with Crippen LogP contribution in [0.4, 0.5) is 10.1 Å². The highest BCUT2D eigenvalue weighted by atomic mass is 32.2. The Hall–Kier alpha value is -2.36. The summed E-state index contributed by atoms with van der Waals surface area (Å²) in [5.41, 5.74) is 0.598. The molecule has 0 aromatic heterocycles. The summed E-state index contributed by atoms with van der Waals surface area (Å²) >= 11 is 0. The van der Waals surface area contributed by atoms with E-state index in [0.29, 0.717) is 12.1 Å². The molecule has 9 heteroatoms. The van der Waals surface area contributed by atoms with Gasteiger partial charge in [-0.15, -0.1) is 0 Å². The highest BCUT2D eigenvalue weighted by Gasteiger charge is 2.24. The second-order valence-electron chi connectivity index (χ2n) is 6.82. The van der Waals surface area contributed by atoms with Gasteiger partial charge in [-0.05, 0) is 48.7 Å². The highest BCUT2D eigenvalue weighted by Crippen LogP contribution is 2.24. The minimum atomic E-state index is -3.83. The van der Waals surface area contributed by atoms with Crippen molar-refractivity contribution >= 4 is 15.5 Å². The minimum Gasteiger partial charge on any atom is -0.395 e. The van der Waals surface area contributed by atoms with E-state index in [2.05, 4.69) is 5.32 Å². The Kier molecular flexibility index (Phi) is 8.24. The summed E-state index contributed by atoms with van der Waals surface area (Å²) in [5, 5.41) is 23.5. The van der Waals surface area contributed by atoms with E-state index in [0.717, 1.165) is 25.0 Å². The maximum atomic E-state index is 13.8. The molecule has 1 atom stereocenters. The molecule has 2 N–H and O–H groups in total. The Labute approximate surface area is 169 Å². The van der Waals surface area contributed by atoms with Gasteiger partial charge < -0.3 is 10.4 Å². The molecule has 0 spiro atoms. The van der Waals surface area contributed by atoms with Gasteiger partial charge in [0.05, 0.1) is 22.2 Å². The number of nitrogens with zero attached hydrogens (tertiary/aromatic N) is 1. The predicted molar refractivity (Wildman–Crippen MR) is 108 cm³/mol. The molecule has 158 valence electrons. The summed E-state index contributed by atoms with van der Waals surface area (Å²) < 4.78 is 39.7. The fourth-order valence-corrected chi connectivity index (χ4v) is 4.74. The van der Waals surface area contributed by atoms with E-state index in [9.17, 15) is 28.0 Å². The first-order chi connectivity index (χ1) is 13.8. The normalized spacial score (nSPS) is 12.7. The third kappa shape index (κ3) is 6.59. The molecule has 2 aromatic carbocycles. The molecule has 2 rings (SSSR count). The first-order valence-corrected chi connectivity index (χ1v) is 11.0. The maximum Gasteiger partial charge on any atom is 0.269 e. The lowest BCUT2D eigenvalue weighted by molar-refractivity contribution is -0.384. The number of nitro groups is 1. The van der Waals surface area contributed by atoms with Crippen molar-refractivity contribution in [3.63, 3.8) is 0 Å².